The number of phenolic OH excluding ortho intramolecular Hbond substituents is 2. The van der Waals surface area contributed by atoms with Gasteiger partial charge in [0.1, 0.15) is 11.5 Å². The number of fused-ring (bicyclic) bond motifs is 1. The van der Waals surface area contributed by atoms with Gasteiger partial charge >= 0.3 is 0 Å². The van der Waals surface area contributed by atoms with Crippen LogP contribution < -0.4 is 10.6 Å². The Kier molecular flexibility index (Phi) is 4.92. The van der Waals surface area contributed by atoms with Gasteiger partial charge in [-0.15, -0.1) is 0 Å². The van der Waals surface area contributed by atoms with Crippen LogP contribution in [0.3, 0.4) is 0 Å². The Morgan fingerprint density at radius 2 is 0.962 bits per heavy atom. The molecule has 0 heterocycles. The fraction of sp³-hybridized carbons (Fsp3) is 0.444. The number of hydrogen-bond donors (Lipinski definition) is 4. The molecule has 0 aliphatic carbocycles. The van der Waals surface area contributed by atoms with E-state index in [1.165, 1.54) is 53.7 Å². The second-order valence-corrected chi connectivity index (χ2v) is 14.3. The van der Waals surface area contributed by atoms with Crippen LogP contribution in [0.4, 0.5) is 0 Å². The summed E-state index contributed by atoms with van der Waals surface area (Å²) in [6.45, 7) is 9.02. The second-order valence-electron chi connectivity index (χ2n) is 8.43. The molecule has 26 heavy (non-hydrogen) atoms. The largest absolute Gasteiger partial charge is 0.506 e. The van der Waals surface area contributed by atoms with Crippen molar-refractivity contribution in [3.05, 3.63) is 24.3 Å². The van der Waals surface area contributed by atoms with Crippen LogP contribution in [-0.2, 0) is 9.13 Å². The molecule has 2 aromatic rings. The predicted molar refractivity (Wildman–Crippen MR) is 106 cm³/mol. The van der Waals surface area contributed by atoms with Crippen molar-refractivity contribution in [3.8, 4) is 11.5 Å². The van der Waals surface area contributed by atoms with Crippen molar-refractivity contribution in [3.63, 3.8) is 0 Å². The van der Waals surface area contributed by atoms with Gasteiger partial charge in [-0.05, 0) is 0 Å². The van der Waals surface area contributed by atoms with E-state index in [9.17, 15) is 29.1 Å². The first-order valence-electron chi connectivity index (χ1n) is 8.18. The quantitative estimate of drug-likeness (QED) is 0.452. The van der Waals surface area contributed by atoms with Crippen molar-refractivity contribution in [1.82, 2.24) is 0 Å². The van der Waals surface area contributed by atoms with Crippen LogP contribution in [-0.4, -0.2) is 30.3 Å². The molecule has 2 aromatic carbocycles. The van der Waals surface area contributed by atoms with Gasteiger partial charge < -0.3 is 20.0 Å². The van der Waals surface area contributed by atoms with Crippen molar-refractivity contribution in [2.24, 2.45) is 0 Å². The maximum absolute atomic E-state index is 13.3. The molecule has 2 atom stereocenters. The molecule has 0 aromatic heterocycles. The molecule has 0 spiro atoms. The van der Waals surface area contributed by atoms with Crippen LogP contribution in [0.5, 0.6) is 11.5 Å². The summed E-state index contributed by atoms with van der Waals surface area (Å²) in [7, 11) is -8.69. The Morgan fingerprint density at radius 3 is 1.19 bits per heavy atom. The molecule has 0 fully saturated rings. The molecule has 2 unspecified atom stereocenters. The first-order valence-corrected chi connectivity index (χ1v) is 11.5. The lowest BCUT2D eigenvalue weighted by Crippen LogP contribution is -2.37. The molecule has 2 rings (SSSR count). The molecule has 0 bridgehead atoms. The Balaban J connectivity index is 3.18. The summed E-state index contributed by atoms with van der Waals surface area (Å²) >= 11 is 0. The van der Waals surface area contributed by atoms with Gasteiger partial charge in [0, 0.05) is 21.1 Å². The maximum Gasteiger partial charge on any atom is 0.239 e. The first-order chi connectivity index (χ1) is 11.5. The lowest BCUT2D eigenvalue weighted by molar-refractivity contribution is 0.441. The van der Waals surface area contributed by atoms with E-state index in [2.05, 4.69) is 0 Å². The highest BCUT2D eigenvalue weighted by atomic mass is 31.2. The van der Waals surface area contributed by atoms with Crippen molar-refractivity contribution >= 4 is 36.1 Å². The van der Waals surface area contributed by atoms with Gasteiger partial charge in [-0.1, -0.05) is 65.8 Å². The summed E-state index contributed by atoms with van der Waals surface area (Å²) in [6, 6.07) is 6.18. The van der Waals surface area contributed by atoms with E-state index < -0.39 is 47.2 Å². The van der Waals surface area contributed by atoms with Crippen LogP contribution in [0.15, 0.2) is 24.3 Å². The molecule has 0 amide bonds. The van der Waals surface area contributed by atoms with E-state index in [1.54, 1.807) is 12.1 Å². The Hall–Kier alpha value is -1.32. The summed E-state index contributed by atoms with van der Waals surface area (Å²) in [5.74, 6) is -1.10. The van der Waals surface area contributed by atoms with E-state index in [4.69, 9.17) is 0 Å². The smallest absolute Gasteiger partial charge is 0.239 e. The minimum atomic E-state index is -4.34. The highest BCUT2D eigenvalue weighted by molar-refractivity contribution is 7.74. The van der Waals surface area contributed by atoms with Gasteiger partial charge in [-0.3, -0.25) is 9.13 Å². The third-order valence-electron chi connectivity index (χ3n) is 4.53. The standard InChI is InChI=1S/C18H26O6P2/c1-17(2,3)25(21,22)15-13(19)11-9-7-8-10-12(11)14(20)16(15)26(23,24)18(4,5)6/h7-10,19-20H,1-6H3,(H,21,22)(H,23,24). The topological polar surface area (TPSA) is 115 Å². The number of rotatable bonds is 2. The molecule has 0 aliphatic rings. The molecule has 144 valence electrons. The fourth-order valence-corrected chi connectivity index (χ4v) is 6.38. The number of benzene rings is 2. The predicted octanol–water partition coefficient (Wildman–Crippen LogP) is 3.64. The van der Waals surface area contributed by atoms with Crippen molar-refractivity contribution in [2.75, 3.05) is 0 Å². The van der Waals surface area contributed by atoms with Gasteiger partial charge in [-0.25, -0.2) is 0 Å². The highest BCUT2D eigenvalue weighted by Gasteiger charge is 2.49. The molecule has 0 aliphatic heterocycles. The van der Waals surface area contributed by atoms with Gasteiger partial charge in [0.15, 0.2) is 0 Å². The monoisotopic (exact) mass is 400 g/mol. The van der Waals surface area contributed by atoms with Crippen LogP contribution in [0.2, 0.25) is 0 Å². The zero-order valence-electron chi connectivity index (χ0n) is 15.8. The van der Waals surface area contributed by atoms with Crippen LogP contribution in [0.25, 0.3) is 10.8 Å². The number of hydrogen-bond acceptors (Lipinski definition) is 4. The lowest BCUT2D eigenvalue weighted by atomic mass is 10.1. The fourth-order valence-electron chi connectivity index (χ4n) is 2.62. The van der Waals surface area contributed by atoms with Gasteiger partial charge in [0.25, 0.3) is 0 Å². The minimum absolute atomic E-state index is 0.149. The Morgan fingerprint density at radius 1 is 0.692 bits per heavy atom. The SMILES string of the molecule is CC(C)(C)P(=O)(O)c1c(P(=O)(O)C(C)(C)C)c(O)c2ccccc2c1O. The number of aromatic hydroxyl groups is 2. The molecule has 0 radical (unpaired) electrons. The summed E-state index contributed by atoms with van der Waals surface area (Å²) in [5.41, 5.74) is 0. The molecule has 0 saturated carbocycles. The minimum Gasteiger partial charge on any atom is -0.506 e. The Bertz CT molecular complexity index is 888. The van der Waals surface area contributed by atoms with E-state index in [-0.39, 0.29) is 10.8 Å². The van der Waals surface area contributed by atoms with E-state index in [1.807, 2.05) is 0 Å². The van der Waals surface area contributed by atoms with Crippen LogP contribution in [0, 0.1) is 0 Å². The van der Waals surface area contributed by atoms with Crippen LogP contribution in [0.1, 0.15) is 41.5 Å². The molecule has 8 heteroatoms. The zero-order chi connectivity index (χ0) is 20.3. The lowest BCUT2D eigenvalue weighted by Gasteiger charge is -2.33. The Labute approximate surface area is 153 Å². The third kappa shape index (κ3) is 2.99. The average Bonchev–Trinajstić information content (AvgIpc) is 2.47. The van der Waals surface area contributed by atoms with Crippen molar-refractivity contribution in [1.29, 1.82) is 0 Å². The van der Waals surface area contributed by atoms with E-state index in [0.717, 1.165) is 0 Å². The van der Waals surface area contributed by atoms with Gasteiger partial charge in [-0.2, -0.15) is 0 Å². The summed E-state index contributed by atoms with van der Waals surface area (Å²) in [4.78, 5) is 21.7. The van der Waals surface area contributed by atoms with E-state index >= 15 is 0 Å². The van der Waals surface area contributed by atoms with E-state index in [0.29, 0.717) is 0 Å². The van der Waals surface area contributed by atoms with Crippen molar-refractivity contribution < 1.29 is 29.1 Å². The molecule has 4 N–H and O–H groups in total. The molecular formula is C18H26O6P2. The first kappa shape index (κ1) is 21.0. The molecule has 0 saturated heterocycles. The molecule has 6 nitrogen and oxygen atoms in total. The summed E-state index contributed by atoms with van der Waals surface area (Å²) in [5, 5.41) is 18.4. The van der Waals surface area contributed by atoms with Crippen molar-refractivity contribution in [2.45, 2.75) is 51.9 Å². The molecular weight excluding hydrogens is 374 g/mol. The summed E-state index contributed by atoms with van der Waals surface area (Å²) < 4.78 is 26.6. The summed E-state index contributed by atoms with van der Waals surface area (Å²) in [6.07, 6.45) is 0. The highest BCUT2D eigenvalue weighted by Crippen LogP contribution is 2.61. The van der Waals surface area contributed by atoms with Gasteiger partial charge in [0.05, 0.1) is 10.6 Å². The zero-order valence-corrected chi connectivity index (χ0v) is 17.6. The average molecular weight is 400 g/mol. The second kappa shape index (κ2) is 6.10. The van der Waals surface area contributed by atoms with Crippen LogP contribution >= 0.6 is 14.7 Å². The third-order valence-corrected chi connectivity index (χ3v) is 10.4. The normalized spacial score (nSPS) is 17.7. The number of phenols is 2. The van der Waals surface area contributed by atoms with Gasteiger partial charge in [0.2, 0.25) is 14.7 Å². The maximum atomic E-state index is 13.3.